The van der Waals surface area contributed by atoms with Crippen LogP contribution in [0.5, 0.6) is 5.75 Å². The molecule has 128 valence electrons. The first-order valence-corrected chi connectivity index (χ1v) is 8.67. The van der Waals surface area contributed by atoms with E-state index in [-0.39, 0.29) is 5.56 Å². The van der Waals surface area contributed by atoms with Gasteiger partial charge in [0.15, 0.2) is 0 Å². The second kappa shape index (κ2) is 7.90. The first-order valence-electron chi connectivity index (χ1n) is 7.79. The van der Waals surface area contributed by atoms with Gasteiger partial charge in [0.05, 0.1) is 18.4 Å². The topological polar surface area (TPSA) is 51.2 Å². The molecule has 1 N–H and O–H groups in total. The Morgan fingerprint density at radius 3 is 2.88 bits per heavy atom. The quantitative estimate of drug-likeness (QED) is 0.728. The minimum atomic E-state index is -0.519. The zero-order valence-corrected chi connectivity index (χ0v) is 14.5. The SMILES string of the molecule is COc1cccc(-c2nc(CCNC(=O)c3ccccc3F)cs2)c1. The average Bonchev–Trinajstić information content (AvgIpc) is 3.11. The standard InChI is InChI=1S/C19H17FN2O2S/c1-24-15-6-4-5-13(11-15)19-22-14(12-25-19)9-10-21-18(23)16-7-2-3-8-17(16)20/h2-8,11-12H,9-10H2,1H3,(H,21,23). The van der Waals surface area contributed by atoms with Crippen LogP contribution in [0.2, 0.25) is 0 Å². The molecule has 2 aromatic carbocycles. The van der Waals surface area contributed by atoms with Crippen LogP contribution in [0.1, 0.15) is 16.1 Å². The van der Waals surface area contributed by atoms with Crippen LogP contribution < -0.4 is 10.1 Å². The van der Waals surface area contributed by atoms with E-state index in [0.29, 0.717) is 13.0 Å². The fourth-order valence-electron chi connectivity index (χ4n) is 2.36. The number of carbonyl (C=O) groups excluding carboxylic acids is 1. The Morgan fingerprint density at radius 1 is 1.24 bits per heavy atom. The fraction of sp³-hybridized carbons (Fsp3) is 0.158. The number of ether oxygens (including phenoxy) is 1. The van der Waals surface area contributed by atoms with Crippen LogP contribution in [-0.2, 0) is 6.42 Å². The average molecular weight is 356 g/mol. The second-order valence-corrected chi connectivity index (χ2v) is 6.22. The zero-order valence-electron chi connectivity index (χ0n) is 13.7. The Hall–Kier alpha value is -2.73. The number of thiazole rings is 1. The Balaban J connectivity index is 1.59. The van der Waals surface area contributed by atoms with Crippen LogP contribution in [0.25, 0.3) is 10.6 Å². The number of carbonyl (C=O) groups is 1. The summed E-state index contributed by atoms with van der Waals surface area (Å²) in [4.78, 5) is 16.6. The van der Waals surface area contributed by atoms with Crippen LogP contribution in [-0.4, -0.2) is 24.5 Å². The fourth-order valence-corrected chi connectivity index (χ4v) is 3.21. The van der Waals surface area contributed by atoms with Crippen LogP contribution in [0, 0.1) is 5.82 Å². The van der Waals surface area contributed by atoms with Gasteiger partial charge >= 0.3 is 0 Å². The maximum atomic E-state index is 13.6. The molecule has 0 fully saturated rings. The van der Waals surface area contributed by atoms with Crippen molar-refractivity contribution in [1.29, 1.82) is 0 Å². The Kier molecular flexibility index (Phi) is 5.40. The van der Waals surface area contributed by atoms with Crippen molar-refractivity contribution < 1.29 is 13.9 Å². The van der Waals surface area contributed by atoms with Gasteiger partial charge in [0.1, 0.15) is 16.6 Å². The molecule has 4 nitrogen and oxygen atoms in total. The van der Waals surface area contributed by atoms with Crippen LogP contribution in [0.3, 0.4) is 0 Å². The van der Waals surface area contributed by atoms with E-state index < -0.39 is 11.7 Å². The van der Waals surface area contributed by atoms with Crippen molar-refractivity contribution in [2.75, 3.05) is 13.7 Å². The van der Waals surface area contributed by atoms with E-state index in [1.165, 1.54) is 12.1 Å². The molecule has 0 saturated carbocycles. The van der Waals surface area contributed by atoms with Gasteiger partial charge in [-0.1, -0.05) is 24.3 Å². The third-order valence-corrected chi connectivity index (χ3v) is 4.59. The molecule has 0 saturated heterocycles. The van der Waals surface area contributed by atoms with Gasteiger partial charge in [-0.3, -0.25) is 4.79 Å². The van der Waals surface area contributed by atoms with Crippen molar-refractivity contribution in [3.8, 4) is 16.3 Å². The van der Waals surface area contributed by atoms with Crippen molar-refractivity contribution in [3.05, 3.63) is 71.0 Å². The number of rotatable bonds is 6. The van der Waals surface area contributed by atoms with E-state index in [0.717, 1.165) is 22.0 Å². The van der Waals surface area contributed by atoms with Crippen molar-refractivity contribution in [1.82, 2.24) is 10.3 Å². The minimum absolute atomic E-state index is 0.0536. The maximum absolute atomic E-state index is 13.6. The zero-order chi connectivity index (χ0) is 17.6. The summed E-state index contributed by atoms with van der Waals surface area (Å²) in [6.07, 6.45) is 0.584. The number of hydrogen-bond donors (Lipinski definition) is 1. The van der Waals surface area contributed by atoms with Crippen molar-refractivity contribution >= 4 is 17.2 Å². The number of benzene rings is 2. The van der Waals surface area contributed by atoms with E-state index in [1.54, 1.807) is 30.6 Å². The van der Waals surface area contributed by atoms with Crippen LogP contribution in [0.4, 0.5) is 4.39 Å². The molecule has 1 aromatic heterocycles. The summed E-state index contributed by atoms with van der Waals surface area (Å²) in [7, 11) is 1.63. The number of hydrogen-bond acceptors (Lipinski definition) is 4. The molecule has 1 amide bonds. The highest BCUT2D eigenvalue weighted by Gasteiger charge is 2.11. The lowest BCUT2D eigenvalue weighted by molar-refractivity contribution is 0.0950. The third-order valence-electron chi connectivity index (χ3n) is 3.65. The molecular formula is C19H17FN2O2S. The first kappa shape index (κ1) is 17.1. The first-order chi connectivity index (χ1) is 12.2. The monoisotopic (exact) mass is 356 g/mol. The smallest absolute Gasteiger partial charge is 0.254 e. The summed E-state index contributed by atoms with van der Waals surface area (Å²) in [6.45, 7) is 0.397. The molecule has 0 bridgehead atoms. The van der Waals surface area contributed by atoms with Gasteiger partial charge < -0.3 is 10.1 Å². The van der Waals surface area contributed by atoms with Gasteiger partial charge in [-0.15, -0.1) is 11.3 Å². The van der Waals surface area contributed by atoms with Gasteiger partial charge in [-0.2, -0.15) is 0 Å². The number of aromatic nitrogens is 1. The maximum Gasteiger partial charge on any atom is 0.254 e. The van der Waals surface area contributed by atoms with Gasteiger partial charge in [-0.05, 0) is 24.3 Å². The Labute approximate surface area is 149 Å². The minimum Gasteiger partial charge on any atom is -0.497 e. The highest BCUT2D eigenvalue weighted by atomic mass is 32.1. The summed E-state index contributed by atoms with van der Waals surface area (Å²) in [6, 6.07) is 13.7. The van der Waals surface area contributed by atoms with Crippen molar-refractivity contribution in [3.63, 3.8) is 0 Å². The molecule has 3 rings (SSSR count). The molecule has 3 aromatic rings. The normalized spacial score (nSPS) is 10.5. The van der Waals surface area contributed by atoms with E-state index in [1.807, 2.05) is 29.6 Å². The predicted molar refractivity (Wildman–Crippen MR) is 96.5 cm³/mol. The lowest BCUT2D eigenvalue weighted by Crippen LogP contribution is -2.26. The summed E-state index contributed by atoms with van der Waals surface area (Å²) in [5, 5.41) is 5.58. The molecule has 0 aliphatic carbocycles. The number of amides is 1. The number of halogens is 1. The molecule has 0 aliphatic heterocycles. The van der Waals surface area contributed by atoms with Crippen molar-refractivity contribution in [2.24, 2.45) is 0 Å². The van der Waals surface area contributed by atoms with Gasteiger partial charge in [0, 0.05) is 23.9 Å². The van der Waals surface area contributed by atoms with E-state index in [4.69, 9.17) is 4.74 Å². The lowest BCUT2D eigenvalue weighted by atomic mass is 10.2. The third kappa shape index (κ3) is 4.22. The van der Waals surface area contributed by atoms with Gasteiger partial charge in [0.2, 0.25) is 0 Å². The second-order valence-electron chi connectivity index (χ2n) is 5.36. The molecule has 0 atom stereocenters. The molecule has 1 heterocycles. The lowest BCUT2D eigenvalue weighted by Gasteiger charge is -2.05. The van der Waals surface area contributed by atoms with Gasteiger partial charge in [-0.25, -0.2) is 9.37 Å². The summed E-state index contributed by atoms with van der Waals surface area (Å²) >= 11 is 1.54. The highest BCUT2D eigenvalue weighted by Crippen LogP contribution is 2.26. The summed E-state index contributed by atoms with van der Waals surface area (Å²) < 4.78 is 18.8. The van der Waals surface area contributed by atoms with E-state index in [2.05, 4.69) is 10.3 Å². The van der Waals surface area contributed by atoms with Crippen LogP contribution in [0.15, 0.2) is 53.9 Å². The molecule has 0 radical (unpaired) electrons. The number of nitrogens with zero attached hydrogens (tertiary/aromatic N) is 1. The molecule has 0 unspecified atom stereocenters. The highest BCUT2D eigenvalue weighted by molar-refractivity contribution is 7.13. The predicted octanol–water partition coefficient (Wildman–Crippen LogP) is 3.93. The summed E-state index contributed by atoms with van der Waals surface area (Å²) in [5.41, 5.74) is 1.93. The Morgan fingerprint density at radius 2 is 2.08 bits per heavy atom. The molecular weight excluding hydrogens is 339 g/mol. The Bertz CT molecular complexity index is 879. The summed E-state index contributed by atoms with van der Waals surface area (Å²) in [5.74, 6) is -0.151. The number of methoxy groups -OCH3 is 1. The van der Waals surface area contributed by atoms with Crippen LogP contribution >= 0.6 is 11.3 Å². The van der Waals surface area contributed by atoms with E-state index in [9.17, 15) is 9.18 Å². The molecule has 6 heteroatoms. The molecule has 0 spiro atoms. The van der Waals surface area contributed by atoms with E-state index >= 15 is 0 Å². The molecule has 25 heavy (non-hydrogen) atoms. The van der Waals surface area contributed by atoms with Crippen molar-refractivity contribution in [2.45, 2.75) is 6.42 Å². The number of nitrogens with one attached hydrogen (secondary N) is 1. The largest absolute Gasteiger partial charge is 0.497 e. The molecule has 0 aliphatic rings. The van der Waals surface area contributed by atoms with Gasteiger partial charge in [0.25, 0.3) is 5.91 Å².